The van der Waals surface area contributed by atoms with Gasteiger partial charge < -0.3 is 19.4 Å². The van der Waals surface area contributed by atoms with Crippen molar-refractivity contribution in [3.63, 3.8) is 0 Å². The third kappa shape index (κ3) is 6.09. The Morgan fingerprint density at radius 3 is 2.45 bits per heavy atom. The molecule has 4 fully saturated rings. The number of pyridine rings is 1. The molecule has 2 atom stereocenters. The number of carbonyl (C=O) groups is 1. The monoisotopic (exact) mass is 707 g/mol. The van der Waals surface area contributed by atoms with E-state index in [0.29, 0.717) is 50.7 Å². The van der Waals surface area contributed by atoms with Crippen LogP contribution in [-0.2, 0) is 4.79 Å². The standard InChI is InChI=1S/C37H33F6N6O2/c1-2-25-28(39)9-6-21-4-3-5-26(29(21)25)31-30(40)32-27(16-44-31)33(48-17-23-7-8-24(18-48)49(23)34(50)37(41,42)43)46-35(45-32)51-20-36(12-13-36)19-47-14-10-22(38)11-15-47/h1,4-6,9,16,22-24H,7-8,10-15,17-20H2/t23-,24+. The number of terminal acetylenes is 1. The van der Waals surface area contributed by atoms with E-state index in [1.807, 2.05) is 0 Å². The number of halogens is 6. The summed E-state index contributed by atoms with van der Waals surface area (Å²) < 4.78 is 92.1. The summed E-state index contributed by atoms with van der Waals surface area (Å²) in [6.45, 7) is 2.32. The molecule has 0 N–H and O–H groups in total. The minimum atomic E-state index is -5.00. The van der Waals surface area contributed by atoms with Gasteiger partial charge in [0.2, 0.25) is 0 Å². The van der Waals surface area contributed by atoms with Gasteiger partial charge in [-0.3, -0.25) is 9.78 Å². The van der Waals surface area contributed by atoms with E-state index >= 15 is 4.39 Å². The fraction of sp³-hybridized carbons (Fsp3) is 0.459. The molecular weight excluding hydrogens is 674 g/mol. The zero-order chi connectivity index (χ0) is 35.7. The van der Waals surface area contributed by atoms with Gasteiger partial charge in [0.15, 0.2) is 5.82 Å². The summed E-state index contributed by atoms with van der Waals surface area (Å²) in [7, 11) is 0. The van der Waals surface area contributed by atoms with Crippen LogP contribution in [-0.4, -0.2) is 94.4 Å². The van der Waals surface area contributed by atoms with Gasteiger partial charge in [0, 0.05) is 55.3 Å². The van der Waals surface area contributed by atoms with E-state index in [1.165, 1.54) is 24.4 Å². The van der Waals surface area contributed by atoms with E-state index in [4.69, 9.17) is 11.2 Å². The van der Waals surface area contributed by atoms with Gasteiger partial charge in [0.05, 0.1) is 29.6 Å². The maximum atomic E-state index is 16.8. The van der Waals surface area contributed by atoms with Gasteiger partial charge in [-0.15, -0.1) is 6.42 Å². The van der Waals surface area contributed by atoms with Crippen molar-refractivity contribution < 1.29 is 35.9 Å². The van der Waals surface area contributed by atoms with Gasteiger partial charge >= 0.3 is 18.1 Å². The third-order valence-corrected chi connectivity index (χ3v) is 10.8. The molecule has 4 aromatic rings. The first-order chi connectivity index (χ1) is 24.4. The van der Waals surface area contributed by atoms with Crippen LogP contribution in [0.2, 0.25) is 0 Å². The quantitative estimate of drug-likeness (QED) is 0.166. The van der Waals surface area contributed by atoms with Crippen LogP contribution < -0.4 is 9.64 Å². The molecule has 3 saturated heterocycles. The summed E-state index contributed by atoms with van der Waals surface area (Å²) in [5.74, 6) is -0.795. The smallest absolute Gasteiger partial charge is 0.463 e. The molecular formula is C37H33F6N6O2. The van der Waals surface area contributed by atoms with Crippen molar-refractivity contribution in [2.45, 2.75) is 63.0 Å². The van der Waals surface area contributed by atoms with Gasteiger partial charge in [-0.1, -0.05) is 12.0 Å². The summed E-state index contributed by atoms with van der Waals surface area (Å²) in [5.41, 5.74) is -0.351. The topological polar surface area (TPSA) is 74.7 Å². The van der Waals surface area contributed by atoms with Gasteiger partial charge in [0.25, 0.3) is 0 Å². The lowest BCUT2D eigenvalue weighted by molar-refractivity contribution is -0.188. The van der Waals surface area contributed by atoms with Crippen LogP contribution in [0.25, 0.3) is 32.9 Å². The molecule has 2 aromatic carbocycles. The highest BCUT2D eigenvalue weighted by Crippen LogP contribution is 2.47. The van der Waals surface area contributed by atoms with E-state index in [-0.39, 0.29) is 70.0 Å². The van der Waals surface area contributed by atoms with Crippen LogP contribution in [0.3, 0.4) is 0 Å². The second-order valence-electron chi connectivity index (χ2n) is 14.2. The normalized spacial score (nSPS) is 22.1. The fourth-order valence-electron chi connectivity index (χ4n) is 7.96. The molecule has 1 saturated carbocycles. The van der Waals surface area contributed by atoms with Gasteiger partial charge in [-0.05, 0) is 68.2 Å². The van der Waals surface area contributed by atoms with Crippen molar-refractivity contribution in [2.24, 2.45) is 5.41 Å². The largest absolute Gasteiger partial charge is 0.471 e. The Kier molecular flexibility index (Phi) is 8.24. The molecule has 0 unspecified atom stereocenters. The molecule has 8 rings (SSSR count). The summed E-state index contributed by atoms with van der Waals surface area (Å²) in [6, 6.07) is 7.19. The molecule has 1 aliphatic carbocycles. The van der Waals surface area contributed by atoms with Crippen LogP contribution in [0.15, 0.2) is 30.5 Å². The van der Waals surface area contributed by atoms with Crippen LogP contribution in [0.1, 0.15) is 44.1 Å². The molecule has 1 radical (unpaired) electrons. The number of rotatable bonds is 7. The van der Waals surface area contributed by atoms with Crippen molar-refractivity contribution >= 4 is 33.4 Å². The number of hydrogen-bond acceptors (Lipinski definition) is 7. The minimum absolute atomic E-state index is 0.0325. The maximum Gasteiger partial charge on any atom is 0.471 e. The predicted molar refractivity (Wildman–Crippen MR) is 177 cm³/mol. The number of nitrogens with zero attached hydrogens (tertiary/aromatic N) is 6. The molecule has 2 aromatic heterocycles. The lowest BCUT2D eigenvalue weighted by Crippen LogP contribution is -2.59. The third-order valence-electron chi connectivity index (χ3n) is 10.8. The molecule has 2 bridgehead atoms. The van der Waals surface area contributed by atoms with Crippen LogP contribution in [0.5, 0.6) is 6.01 Å². The van der Waals surface area contributed by atoms with Crippen LogP contribution in [0, 0.1) is 35.5 Å². The Hall–Kier alpha value is -4.64. The number of likely N-dealkylation sites (tertiary alicyclic amines) is 1. The highest BCUT2D eigenvalue weighted by molar-refractivity contribution is 6.02. The van der Waals surface area contributed by atoms with Crippen molar-refractivity contribution in [3.8, 4) is 29.6 Å². The van der Waals surface area contributed by atoms with E-state index in [2.05, 4.69) is 31.8 Å². The Morgan fingerprint density at radius 2 is 1.78 bits per heavy atom. The number of piperidine rings is 1. The van der Waals surface area contributed by atoms with Crippen molar-refractivity contribution in [1.29, 1.82) is 0 Å². The zero-order valence-corrected chi connectivity index (χ0v) is 27.4. The second-order valence-corrected chi connectivity index (χ2v) is 14.2. The average molecular weight is 708 g/mol. The molecule has 3 aliphatic heterocycles. The average Bonchev–Trinajstić information content (AvgIpc) is 3.83. The molecule has 5 heterocycles. The molecule has 265 valence electrons. The fourth-order valence-corrected chi connectivity index (χ4v) is 7.96. The number of piperazine rings is 1. The van der Waals surface area contributed by atoms with Crippen molar-refractivity contribution in [1.82, 2.24) is 24.8 Å². The minimum Gasteiger partial charge on any atom is -0.463 e. The summed E-state index contributed by atoms with van der Waals surface area (Å²) in [4.78, 5) is 30.8. The lowest BCUT2D eigenvalue weighted by atomic mass is 9.96. The zero-order valence-electron chi connectivity index (χ0n) is 27.4. The predicted octanol–water partition coefficient (Wildman–Crippen LogP) is 6.24. The van der Waals surface area contributed by atoms with E-state index in [1.54, 1.807) is 11.0 Å². The first-order valence-electron chi connectivity index (χ1n) is 17.0. The first-order valence-corrected chi connectivity index (χ1v) is 17.0. The maximum absolute atomic E-state index is 16.8. The van der Waals surface area contributed by atoms with Crippen LogP contribution in [0.4, 0.5) is 32.2 Å². The molecule has 51 heavy (non-hydrogen) atoms. The Bertz CT molecular complexity index is 2060. The summed E-state index contributed by atoms with van der Waals surface area (Å²) >= 11 is 0. The molecule has 8 nitrogen and oxygen atoms in total. The van der Waals surface area contributed by atoms with Gasteiger partial charge in [-0.2, -0.15) is 23.1 Å². The molecule has 1 amide bonds. The van der Waals surface area contributed by atoms with Gasteiger partial charge in [-0.25, -0.2) is 13.2 Å². The van der Waals surface area contributed by atoms with E-state index in [9.17, 15) is 26.7 Å². The number of fused-ring (bicyclic) bond motifs is 4. The van der Waals surface area contributed by atoms with Crippen molar-refractivity contribution in [3.05, 3.63) is 53.7 Å². The van der Waals surface area contributed by atoms with Gasteiger partial charge in [0.1, 0.15) is 29.0 Å². The number of alkyl halides is 4. The number of benzene rings is 2. The summed E-state index contributed by atoms with van der Waals surface area (Å²) in [5, 5.41) is 1.01. The number of hydrogen-bond donors (Lipinski definition) is 0. The van der Waals surface area contributed by atoms with E-state index in [0.717, 1.165) is 17.7 Å². The van der Waals surface area contributed by atoms with E-state index < -0.39 is 42.0 Å². The lowest BCUT2D eigenvalue weighted by Gasteiger charge is -2.42. The Balaban J connectivity index is 1.18. The number of ether oxygens (including phenoxy) is 1. The second kappa shape index (κ2) is 12.5. The number of aromatic nitrogens is 3. The molecule has 0 spiro atoms. The summed E-state index contributed by atoms with van der Waals surface area (Å²) in [6.07, 6.45) is 4.74. The number of carbonyl (C=O) groups excluding carboxylic acids is 1. The SMILES string of the molecule is C#Cc1c(F)ccc2c[c]cc(-c3ncc4c(N5C[C@H]6CC[C@@H](C5)N6C(=O)C(F)(F)F)nc(OCC5(CN6CCC(F)CC6)CC5)nc4c3F)c12. The van der Waals surface area contributed by atoms with Crippen molar-refractivity contribution in [2.75, 3.05) is 44.2 Å². The Labute approximate surface area is 289 Å². The molecule has 14 heteroatoms. The highest BCUT2D eigenvalue weighted by atomic mass is 19.4. The molecule has 4 aliphatic rings. The number of anilines is 1. The Morgan fingerprint density at radius 1 is 1.06 bits per heavy atom. The number of amides is 1. The first kappa shape index (κ1) is 33.5. The highest BCUT2D eigenvalue weighted by Gasteiger charge is 2.52. The van der Waals surface area contributed by atoms with Crippen LogP contribution >= 0.6 is 0 Å².